The number of hydrogen-bond donors (Lipinski definition) is 1. The van der Waals surface area contributed by atoms with Crippen molar-refractivity contribution in [2.75, 3.05) is 0 Å². The number of nitrogens with zero attached hydrogens (tertiary/aromatic N) is 3. The van der Waals surface area contributed by atoms with E-state index in [4.69, 9.17) is 9.97 Å². The molecule has 0 fully saturated rings. The molecule has 8 aromatic rings. The topological polar surface area (TPSA) is 50.9 Å². The molecule has 4 nitrogen and oxygen atoms in total. The summed E-state index contributed by atoms with van der Waals surface area (Å²) in [4.78, 5) is 10.5. The van der Waals surface area contributed by atoms with Crippen LogP contribution in [-0.2, 0) is 23.7 Å². The monoisotopic (exact) mass is 757 g/mol. The molecule has 0 spiro atoms. The lowest BCUT2D eigenvalue weighted by Crippen LogP contribution is -2.11. The van der Waals surface area contributed by atoms with E-state index in [2.05, 4.69) is 186 Å². The van der Waals surface area contributed by atoms with Gasteiger partial charge in [0.1, 0.15) is 11.6 Å². The second-order valence-corrected chi connectivity index (χ2v) is 17.9. The fourth-order valence-corrected chi connectivity index (χ4v) is 8.57. The van der Waals surface area contributed by atoms with Crippen LogP contribution >= 0.6 is 0 Å². The van der Waals surface area contributed by atoms with Crippen LogP contribution in [0.5, 0.6) is 5.75 Å². The number of para-hydroxylation sites is 2. The van der Waals surface area contributed by atoms with Gasteiger partial charge in [-0.1, -0.05) is 139 Å². The highest BCUT2D eigenvalue weighted by atomic mass is 16.3. The largest absolute Gasteiger partial charge is 0.507 e. The van der Waals surface area contributed by atoms with Crippen LogP contribution < -0.4 is 0 Å². The first-order valence-electron chi connectivity index (χ1n) is 20.7. The number of aromatic hydroxyl groups is 1. The Hall–Kier alpha value is -6.26. The van der Waals surface area contributed by atoms with Gasteiger partial charge in [-0.15, -0.1) is 0 Å². The quantitative estimate of drug-likeness (QED) is 0.184. The lowest BCUT2D eigenvalue weighted by molar-refractivity contribution is 0.463. The van der Waals surface area contributed by atoms with Gasteiger partial charge in [0.25, 0.3) is 0 Å². The number of pyridine rings is 1. The minimum atomic E-state index is -0.118. The Bertz CT molecular complexity index is 2800. The number of rotatable bonds is 6. The van der Waals surface area contributed by atoms with Gasteiger partial charge in [0, 0.05) is 22.9 Å². The molecule has 0 unspecified atom stereocenters. The van der Waals surface area contributed by atoms with Crippen molar-refractivity contribution in [1.29, 1.82) is 0 Å². The van der Waals surface area contributed by atoms with E-state index in [9.17, 15) is 5.11 Å². The van der Waals surface area contributed by atoms with Gasteiger partial charge in [0.05, 0.1) is 28.0 Å². The summed E-state index contributed by atoms with van der Waals surface area (Å²) in [5.74, 6) is 1.08. The number of aromatic nitrogens is 3. The maximum absolute atomic E-state index is 12.0. The van der Waals surface area contributed by atoms with E-state index >= 15 is 0 Å². The molecule has 9 rings (SSSR count). The first-order valence-corrected chi connectivity index (χ1v) is 20.7. The third-order valence-corrected chi connectivity index (χ3v) is 11.9. The van der Waals surface area contributed by atoms with Crippen LogP contribution in [0.4, 0.5) is 0 Å². The normalized spacial score (nSPS) is 13.1. The van der Waals surface area contributed by atoms with Gasteiger partial charge < -0.3 is 5.11 Å². The molecule has 1 aliphatic carbocycles. The van der Waals surface area contributed by atoms with Gasteiger partial charge in [-0.25, -0.2) is 4.98 Å². The summed E-state index contributed by atoms with van der Waals surface area (Å²) in [6, 6.07) is 50.0. The molecule has 0 radical (unpaired) electrons. The van der Waals surface area contributed by atoms with Gasteiger partial charge in [0.2, 0.25) is 0 Å². The van der Waals surface area contributed by atoms with E-state index in [1.54, 1.807) is 0 Å². The standard InChI is InChI=1S/C54H51N3O/c1-53(2,3)41-26-23-35(24-27-41)38-29-30-55-47(34-38)40-31-39(32-42(33-40)54(4,5)6)44-20-14-22-49-50(44)56-52(46-28-25-37-17-10-11-19-45(37)51(46)58)57(49)48-21-13-12-18-43(48)36-15-8-7-9-16-36/h7-9,12-16,18,20-34,58H,10-11,17,19H2,1-6H3. The summed E-state index contributed by atoms with van der Waals surface area (Å²) in [7, 11) is 0. The van der Waals surface area contributed by atoms with Crippen LogP contribution in [0.1, 0.15) is 76.6 Å². The number of benzene rings is 6. The highest BCUT2D eigenvalue weighted by molar-refractivity contribution is 5.97. The fraction of sp³-hybridized carbons (Fsp3) is 0.222. The number of fused-ring (bicyclic) bond motifs is 2. The molecule has 0 saturated heterocycles. The van der Waals surface area contributed by atoms with E-state index in [0.717, 1.165) is 98.4 Å². The Labute approximate surface area is 342 Å². The van der Waals surface area contributed by atoms with Crippen molar-refractivity contribution >= 4 is 11.0 Å². The summed E-state index contributed by atoms with van der Waals surface area (Å²) in [6.45, 7) is 13.6. The average Bonchev–Trinajstić information content (AvgIpc) is 3.63. The van der Waals surface area contributed by atoms with Gasteiger partial charge in [-0.2, -0.15) is 0 Å². The van der Waals surface area contributed by atoms with Crippen molar-refractivity contribution in [3.8, 4) is 67.5 Å². The Balaban J connectivity index is 1.25. The predicted octanol–water partition coefficient (Wildman–Crippen LogP) is 13.9. The van der Waals surface area contributed by atoms with Crippen molar-refractivity contribution in [3.63, 3.8) is 0 Å². The van der Waals surface area contributed by atoms with Crippen molar-refractivity contribution in [2.45, 2.75) is 78.1 Å². The van der Waals surface area contributed by atoms with Crippen molar-refractivity contribution in [2.24, 2.45) is 0 Å². The summed E-state index contributed by atoms with van der Waals surface area (Å²) >= 11 is 0. The first kappa shape index (κ1) is 37.3. The molecule has 0 atom stereocenters. The van der Waals surface area contributed by atoms with Crippen molar-refractivity contribution < 1.29 is 5.11 Å². The Morgan fingerprint density at radius 3 is 2.02 bits per heavy atom. The van der Waals surface area contributed by atoms with Gasteiger partial charge in [-0.05, 0) is 123 Å². The summed E-state index contributed by atoms with van der Waals surface area (Å²) in [5, 5.41) is 12.0. The number of phenolic OH excluding ortho intramolecular Hbond substituents is 1. The smallest absolute Gasteiger partial charge is 0.149 e. The van der Waals surface area contributed by atoms with E-state index in [-0.39, 0.29) is 10.8 Å². The van der Waals surface area contributed by atoms with Gasteiger partial charge >= 0.3 is 0 Å². The zero-order chi connectivity index (χ0) is 40.2. The van der Waals surface area contributed by atoms with Crippen LogP contribution in [0.25, 0.3) is 72.7 Å². The lowest BCUT2D eigenvalue weighted by atomic mass is 9.83. The van der Waals surface area contributed by atoms with Crippen LogP contribution in [-0.4, -0.2) is 19.6 Å². The molecule has 1 N–H and O–H groups in total. The molecule has 1 aliphatic rings. The minimum absolute atomic E-state index is 0.0946. The maximum Gasteiger partial charge on any atom is 0.149 e. The number of aryl methyl sites for hydroxylation is 1. The third-order valence-electron chi connectivity index (χ3n) is 11.9. The number of imidazole rings is 1. The highest BCUT2D eigenvalue weighted by Gasteiger charge is 2.25. The molecule has 288 valence electrons. The summed E-state index contributed by atoms with van der Waals surface area (Å²) in [6.07, 6.45) is 6.03. The molecular weight excluding hydrogens is 707 g/mol. The van der Waals surface area contributed by atoms with Gasteiger partial charge in [-0.3, -0.25) is 9.55 Å². The van der Waals surface area contributed by atoms with Crippen LogP contribution in [0.2, 0.25) is 0 Å². The zero-order valence-electron chi connectivity index (χ0n) is 34.5. The van der Waals surface area contributed by atoms with Crippen molar-refractivity contribution in [1.82, 2.24) is 14.5 Å². The second-order valence-electron chi connectivity index (χ2n) is 17.9. The molecule has 0 aliphatic heterocycles. The molecule has 2 heterocycles. The molecule has 58 heavy (non-hydrogen) atoms. The predicted molar refractivity (Wildman–Crippen MR) is 242 cm³/mol. The SMILES string of the molecule is CC(C)(C)c1ccc(-c2ccnc(-c3cc(-c4cccc5c4nc(-c4ccc6c(c4O)CCCC6)n5-c4ccccc4-c4ccccc4)cc(C(C)(C)C)c3)c2)cc1. The van der Waals surface area contributed by atoms with E-state index in [1.165, 1.54) is 22.3 Å². The van der Waals surface area contributed by atoms with E-state index in [1.807, 2.05) is 6.20 Å². The molecular formula is C54H51N3O. The van der Waals surface area contributed by atoms with Gasteiger partial charge in [0.15, 0.2) is 0 Å². The molecule has 2 aromatic heterocycles. The molecule has 4 heteroatoms. The molecule has 0 bridgehead atoms. The molecule has 6 aromatic carbocycles. The Morgan fingerprint density at radius 2 is 1.24 bits per heavy atom. The Morgan fingerprint density at radius 1 is 0.534 bits per heavy atom. The highest BCUT2D eigenvalue weighted by Crippen LogP contribution is 2.43. The van der Waals surface area contributed by atoms with E-state index in [0.29, 0.717) is 5.75 Å². The Kier molecular flexibility index (Phi) is 9.39. The molecule has 0 amide bonds. The summed E-state index contributed by atoms with van der Waals surface area (Å²) < 4.78 is 2.26. The average molecular weight is 758 g/mol. The lowest BCUT2D eigenvalue weighted by Gasteiger charge is -2.22. The maximum atomic E-state index is 12.0. The van der Waals surface area contributed by atoms with Crippen LogP contribution in [0.3, 0.4) is 0 Å². The second kappa shape index (κ2) is 14.6. The number of hydrogen-bond acceptors (Lipinski definition) is 3. The van der Waals surface area contributed by atoms with Crippen LogP contribution in [0, 0.1) is 0 Å². The van der Waals surface area contributed by atoms with E-state index < -0.39 is 0 Å². The minimum Gasteiger partial charge on any atom is -0.507 e. The molecule has 0 saturated carbocycles. The first-order chi connectivity index (χ1) is 27.9. The fourth-order valence-electron chi connectivity index (χ4n) is 8.57. The van der Waals surface area contributed by atoms with Crippen molar-refractivity contribution in [3.05, 3.63) is 168 Å². The zero-order valence-corrected chi connectivity index (χ0v) is 34.5. The summed E-state index contributed by atoms with van der Waals surface area (Å²) in [5.41, 5.74) is 17.1. The number of phenols is 1. The third kappa shape index (κ3) is 6.91. The van der Waals surface area contributed by atoms with Crippen LogP contribution in [0.15, 0.2) is 146 Å².